The molecule has 7 heteroatoms. The monoisotopic (exact) mass is 290 g/mol. The molecular weight excluding hydrogens is 276 g/mol. The van der Waals surface area contributed by atoms with Crippen molar-refractivity contribution in [3.63, 3.8) is 0 Å². The minimum Gasteiger partial charge on any atom is -0.398 e. The van der Waals surface area contributed by atoms with Crippen molar-refractivity contribution in [2.45, 2.75) is 24.3 Å². The highest BCUT2D eigenvalue weighted by atomic mass is 35.5. The van der Waals surface area contributed by atoms with Crippen LogP contribution in [0.1, 0.15) is 12.0 Å². The van der Waals surface area contributed by atoms with E-state index in [1.54, 1.807) is 6.92 Å². The van der Waals surface area contributed by atoms with Gasteiger partial charge in [-0.15, -0.1) is 0 Å². The predicted molar refractivity (Wildman–Crippen MR) is 70.0 cm³/mol. The molecule has 0 radical (unpaired) electrons. The van der Waals surface area contributed by atoms with E-state index in [4.69, 9.17) is 17.3 Å². The summed E-state index contributed by atoms with van der Waals surface area (Å²) in [5.41, 5.74) is 6.56. The summed E-state index contributed by atoms with van der Waals surface area (Å²) in [6, 6.07) is 2.92. The van der Waals surface area contributed by atoms with Gasteiger partial charge in [-0.2, -0.15) is 4.31 Å². The molecule has 1 unspecified atom stereocenters. The molecule has 1 atom stereocenters. The lowest BCUT2D eigenvalue weighted by Crippen LogP contribution is -2.30. The van der Waals surface area contributed by atoms with Gasteiger partial charge in [0.05, 0.1) is 11.0 Å². The van der Waals surface area contributed by atoms with Gasteiger partial charge in [-0.25, -0.2) is 8.42 Å². The van der Waals surface area contributed by atoms with Crippen LogP contribution in [0.5, 0.6) is 0 Å². The van der Waals surface area contributed by atoms with Crippen LogP contribution >= 0.6 is 11.6 Å². The van der Waals surface area contributed by atoms with Crippen molar-refractivity contribution in [2.75, 3.05) is 18.8 Å². The third-order valence-electron chi connectivity index (χ3n) is 3.11. The molecule has 100 valence electrons. The second-order valence-electron chi connectivity index (χ2n) is 4.42. The third-order valence-corrected chi connectivity index (χ3v) is 5.32. The Kier molecular flexibility index (Phi) is 3.55. The van der Waals surface area contributed by atoms with E-state index < -0.39 is 16.1 Å². The Balaban J connectivity index is 2.48. The third kappa shape index (κ3) is 2.33. The minimum atomic E-state index is -3.64. The quantitative estimate of drug-likeness (QED) is 0.796. The summed E-state index contributed by atoms with van der Waals surface area (Å²) >= 11 is 5.85. The van der Waals surface area contributed by atoms with E-state index >= 15 is 0 Å². The molecule has 0 aromatic heterocycles. The van der Waals surface area contributed by atoms with Crippen LogP contribution in [0, 0.1) is 6.92 Å². The fraction of sp³-hybridized carbons (Fsp3) is 0.455. The summed E-state index contributed by atoms with van der Waals surface area (Å²) in [5, 5.41) is 9.72. The Morgan fingerprint density at radius 2 is 2.17 bits per heavy atom. The number of aliphatic hydroxyl groups is 1. The minimum absolute atomic E-state index is 0.113. The van der Waals surface area contributed by atoms with E-state index in [0.29, 0.717) is 24.2 Å². The zero-order chi connectivity index (χ0) is 13.5. The second kappa shape index (κ2) is 4.70. The number of sulfonamides is 1. The normalized spacial score (nSPS) is 21.4. The predicted octanol–water partition coefficient (Wildman–Crippen LogP) is 0.986. The molecule has 5 nitrogen and oxygen atoms in total. The number of rotatable bonds is 2. The maximum atomic E-state index is 12.4. The van der Waals surface area contributed by atoms with Gasteiger partial charge < -0.3 is 10.8 Å². The van der Waals surface area contributed by atoms with Crippen molar-refractivity contribution < 1.29 is 13.5 Å². The summed E-state index contributed by atoms with van der Waals surface area (Å²) in [6.45, 7) is 2.08. The van der Waals surface area contributed by atoms with E-state index in [2.05, 4.69) is 0 Å². The van der Waals surface area contributed by atoms with E-state index in [1.807, 2.05) is 0 Å². The van der Waals surface area contributed by atoms with Crippen molar-refractivity contribution in [1.29, 1.82) is 0 Å². The van der Waals surface area contributed by atoms with Crippen LogP contribution in [0.15, 0.2) is 17.0 Å². The first-order valence-corrected chi connectivity index (χ1v) is 7.38. The molecule has 1 heterocycles. The molecule has 1 saturated heterocycles. The first-order valence-electron chi connectivity index (χ1n) is 5.56. The number of β-amino-alcohol motifs (C(OH)–C–C–N with tert-alkyl or cyclic N) is 1. The van der Waals surface area contributed by atoms with E-state index in [9.17, 15) is 13.5 Å². The number of nitrogen functional groups attached to an aromatic ring is 1. The number of nitrogens with two attached hydrogens (primary N) is 1. The van der Waals surface area contributed by atoms with Gasteiger partial charge in [-0.3, -0.25) is 0 Å². The Labute approximate surface area is 111 Å². The van der Waals surface area contributed by atoms with Gasteiger partial charge in [0.2, 0.25) is 10.0 Å². The molecule has 1 aliphatic rings. The number of hydrogen-bond donors (Lipinski definition) is 2. The number of halogens is 1. The van der Waals surface area contributed by atoms with Gasteiger partial charge in [-0.1, -0.05) is 11.6 Å². The second-order valence-corrected chi connectivity index (χ2v) is 6.77. The molecule has 0 saturated carbocycles. The van der Waals surface area contributed by atoms with E-state index in [0.717, 1.165) is 0 Å². The van der Waals surface area contributed by atoms with Crippen molar-refractivity contribution in [3.8, 4) is 0 Å². The maximum absolute atomic E-state index is 12.4. The van der Waals surface area contributed by atoms with Gasteiger partial charge in [0.1, 0.15) is 0 Å². The van der Waals surface area contributed by atoms with Crippen molar-refractivity contribution in [2.24, 2.45) is 0 Å². The summed E-state index contributed by atoms with van der Waals surface area (Å²) in [6.07, 6.45) is -0.148. The summed E-state index contributed by atoms with van der Waals surface area (Å²) < 4.78 is 26.1. The molecule has 0 amide bonds. The fourth-order valence-corrected chi connectivity index (χ4v) is 4.07. The largest absolute Gasteiger partial charge is 0.398 e. The van der Waals surface area contributed by atoms with Gasteiger partial charge >= 0.3 is 0 Å². The van der Waals surface area contributed by atoms with Crippen LogP contribution in [0.3, 0.4) is 0 Å². The van der Waals surface area contributed by atoms with Crippen LogP contribution in [0.25, 0.3) is 0 Å². The van der Waals surface area contributed by atoms with Gasteiger partial charge in [0.15, 0.2) is 0 Å². The zero-order valence-corrected chi connectivity index (χ0v) is 11.5. The highest BCUT2D eigenvalue weighted by Gasteiger charge is 2.33. The first kappa shape index (κ1) is 13.6. The van der Waals surface area contributed by atoms with Crippen LogP contribution in [0.2, 0.25) is 5.02 Å². The summed E-state index contributed by atoms with van der Waals surface area (Å²) in [4.78, 5) is 0.113. The number of nitrogens with zero attached hydrogens (tertiary/aromatic N) is 1. The lowest BCUT2D eigenvalue weighted by molar-refractivity contribution is 0.189. The molecule has 1 aromatic carbocycles. The molecule has 0 spiro atoms. The number of anilines is 1. The molecule has 0 bridgehead atoms. The Morgan fingerprint density at radius 3 is 2.72 bits per heavy atom. The van der Waals surface area contributed by atoms with Crippen LogP contribution in [-0.4, -0.2) is 37.0 Å². The number of benzene rings is 1. The van der Waals surface area contributed by atoms with Crippen molar-refractivity contribution in [3.05, 3.63) is 22.7 Å². The molecule has 3 N–H and O–H groups in total. The molecule has 1 fully saturated rings. The van der Waals surface area contributed by atoms with Gasteiger partial charge in [0.25, 0.3) is 0 Å². The summed E-state index contributed by atoms with van der Waals surface area (Å²) in [7, 11) is -3.64. The van der Waals surface area contributed by atoms with Gasteiger partial charge in [0, 0.05) is 23.8 Å². The van der Waals surface area contributed by atoms with Crippen LogP contribution in [0.4, 0.5) is 5.69 Å². The Morgan fingerprint density at radius 1 is 1.50 bits per heavy atom. The topological polar surface area (TPSA) is 83.6 Å². The smallest absolute Gasteiger partial charge is 0.243 e. The summed E-state index contributed by atoms with van der Waals surface area (Å²) in [5.74, 6) is 0. The highest BCUT2D eigenvalue weighted by molar-refractivity contribution is 7.89. The Hall–Kier alpha value is -0.820. The van der Waals surface area contributed by atoms with Crippen molar-refractivity contribution in [1.82, 2.24) is 4.31 Å². The molecule has 0 aliphatic carbocycles. The van der Waals surface area contributed by atoms with E-state index in [1.165, 1.54) is 16.4 Å². The lowest BCUT2D eigenvalue weighted by atomic mass is 10.2. The van der Waals surface area contributed by atoms with E-state index in [-0.39, 0.29) is 16.5 Å². The molecular formula is C11H15ClN2O3S. The molecule has 18 heavy (non-hydrogen) atoms. The molecule has 1 aliphatic heterocycles. The van der Waals surface area contributed by atoms with Crippen LogP contribution < -0.4 is 5.73 Å². The van der Waals surface area contributed by atoms with Crippen LogP contribution in [-0.2, 0) is 10.0 Å². The number of aliphatic hydroxyl groups excluding tert-OH is 1. The highest BCUT2D eigenvalue weighted by Crippen LogP contribution is 2.29. The SMILES string of the molecule is Cc1c(N)cc(Cl)cc1S(=O)(=O)N1CCC(O)C1. The number of hydrogen-bond acceptors (Lipinski definition) is 4. The zero-order valence-electron chi connectivity index (χ0n) is 9.93. The van der Waals surface area contributed by atoms with Gasteiger partial charge in [-0.05, 0) is 31.0 Å². The standard InChI is InChI=1S/C11H15ClN2O3S/c1-7-10(13)4-8(12)5-11(7)18(16,17)14-3-2-9(15)6-14/h4-5,9,15H,2-3,6,13H2,1H3. The fourth-order valence-electron chi connectivity index (χ4n) is 2.01. The first-order chi connectivity index (χ1) is 8.32. The maximum Gasteiger partial charge on any atom is 0.243 e. The lowest BCUT2D eigenvalue weighted by Gasteiger charge is -2.18. The molecule has 1 aromatic rings. The average Bonchev–Trinajstić information content (AvgIpc) is 2.70. The van der Waals surface area contributed by atoms with Crippen molar-refractivity contribution >= 4 is 27.3 Å². The average molecular weight is 291 g/mol. The molecule has 2 rings (SSSR count). The Bertz CT molecular complexity index is 574.